The first-order valence-corrected chi connectivity index (χ1v) is 5.36. The average Bonchev–Trinajstić information content (AvgIpc) is 2.19. The van der Waals surface area contributed by atoms with E-state index in [-0.39, 0.29) is 18.2 Å². The number of ether oxygens (including phenoxy) is 3. The van der Waals surface area contributed by atoms with Gasteiger partial charge in [0.1, 0.15) is 6.61 Å². The third-order valence-corrected chi connectivity index (χ3v) is 1.78. The van der Waals surface area contributed by atoms with Crippen molar-refractivity contribution in [3.8, 4) is 0 Å². The monoisotopic (exact) mass is 230 g/mol. The molecule has 4 heteroatoms. The summed E-state index contributed by atoms with van der Waals surface area (Å²) in [6.45, 7) is 10.2. The molecule has 4 nitrogen and oxygen atoms in total. The van der Waals surface area contributed by atoms with E-state index in [1.165, 1.54) is 7.11 Å². The number of hydrogen-bond acceptors (Lipinski definition) is 4. The van der Waals surface area contributed by atoms with Gasteiger partial charge in [0.05, 0.1) is 31.5 Å². The number of allylic oxidation sites excluding steroid dienone is 1. The maximum atomic E-state index is 11.2. The second kappa shape index (κ2) is 7.28. The van der Waals surface area contributed by atoms with Crippen molar-refractivity contribution in [1.82, 2.24) is 0 Å². The zero-order chi connectivity index (χ0) is 12.6. The Labute approximate surface area is 97.6 Å². The van der Waals surface area contributed by atoms with E-state index in [1.807, 2.05) is 20.8 Å². The minimum atomic E-state index is -0.254. The van der Waals surface area contributed by atoms with Crippen molar-refractivity contribution in [2.24, 2.45) is 0 Å². The molecule has 0 aromatic carbocycles. The third kappa shape index (κ3) is 9.52. The van der Waals surface area contributed by atoms with E-state index in [4.69, 9.17) is 14.2 Å². The van der Waals surface area contributed by atoms with Crippen LogP contribution in [0.4, 0.5) is 0 Å². The molecule has 0 aliphatic heterocycles. The molecule has 0 aromatic rings. The van der Waals surface area contributed by atoms with Gasteiger partial charge in [-0.2, -0.15) is 0 Å². The molecule has 0 amide bonds. The Hall–Kier alpha value is -1.03. The first-order chi connectivity index (χ1) is 7.35. The molecule has 0 aliphatic carbocycles. The fourth-order valence-electron chi connectivity index (χ4n) is 0.919. The molecule has 0 saturated carbocycles. The predicted molar refractivity (Wildman–Crippen MR) is 62.0 cm³/mol. The van der Waals surface area contributed by atoms with Crippen molar-refractivity contribution in [3.05, 3.63) is 12.3 Å². The minimum Gasteiger partial charge on any atom is -0.502 e. The van der Waals surface area contributed by atoms with Gasteiger partial charge >= 0.3 is 5.97 Å². The Morgan fingerprint density at radius 1 is 1.19 bits per heavy atom. The molecule has 0 aliphatic rings. The molecule has 0 bridgehead atoms. The first kappa shape index (κ1) is 15.0. The molecule has 0 spiro atoms. The van der Waals surface area contributed by atoms with Crippen LogP contribution in [0.25, 0.3) is 0 Å². The Bertz CT molecular complexity index is 228. The summed E-state index contributed by atoms with van der Waals surface area (Å²) in [5, 5.41) is 0. The number of carbonyl (C=O) groups excluding carboxylic acids is 1. The van der Waals surface area contributed by atoms with Crippen LogP contribution in [0.5, 0.6) is 0 Å². The highest BCUT2D eigenvalue weighted by atomic mass is 16.6. The third-order valence-electron chi connectivity index (χ3n) is 1.78. The molecular formula is C12H22O4. The molecular weight excluding hydrogens is 208 g/mol. The van der Waals surface area contributed by atoms with Crippen LogP contribution < -0.4 is 0 Å². The molecule has 94 valence electrons. The SMILES string of the molecule is C=C(CCC(=O)OCCOC(C)(C)C)OC. The van der Waals surface area contributed by atoms with Crippen molar-refractivity contribution < 1.29 is 19.0 Å². The second-order valence-electron chi connectivity index (χ2n) is 4.42. The zero-order valence-corrected chi connectivity index (χ0v) is 10.7. The Balaban J connectivity index is 3.48. The van der Waals surface area contributed by atoms with Crippen LogP contribution in [0.2, 0.25) is 0 Å². The maximum absolute atomic E-state index is 11.2. The predicted octanol–water partition coefficient (Wildman–Crippen LogP) is 2.29. The highest BCUT2D eigenvalue weighted by molar-refractivity contribution is 5.69. The van der Waals surface area contributed by atoms with Crippen LogP contribution in [0.15, 0.2) is 12.3 Å². The van der Waals surface area contributed by atoms with Crippen molar-refractivity contribution >= 4 is 5.97 Å². The van der Waals surface area contributed by atoms with Crippen LogP contribution in [0.1, 0.15) is 33.6 Å². The summed E-state index contributed by atoms with van der Waals surface area (Å²) in [7, 11) is 1.53. The van der Waals surface area contributed by atoms with Crippen LogP contribution in [-0.4, -0.2) is 31.9 Å². The lowest BCUT2D eigenvalue weighted by molar-refractivity contribution is -0.146. The number of hydrogen-bond donors (Lipinski definition) is 0. The molecule has 0 fully saturated rings. The lowest BCUT2D eigenvalue weighted by Gasteiger charge is -2.19. The van der Waals surface area contributed by atoms with E-state index in [1.54, 1.807) is 0 Å². The minimum absolute atomic E-state index is 0.198. The van der Waals surface area contributed by atoms with E-state index in [0.717, 1.165) is 0 Å². The van der Waals surface area contributed by atoms with E-state index >= 15 is 0 Å². The standard InChI is InChI=1S/C12H22O4/c1-10(14-5)6-7-11(13)15-8-9-16-12(2,3)4/h1,6-9H2,2-5H3. The Morgan fingerprint density at radius 3 is 2.31 bits per heavy atom. The number of esters is 1. The molecule has 0 unspecified atom stereocenters. The molecule has 0 aromatic heterocycles. The van der Waals surface area contributed by atoms with Gasteiger partial charge < -0.3 is 14.2 Å². The summed E-state index contributed by atoms with van der Waals surface area (Å²) in [5.41, 5.74) is -0.198. The van der Waals surface area contributed by atoms with Crippen LogP contribution in [0, 0.1) is 0 Å². The normalized spacial score (nSPS) is 11.0. The zero-order valence-electron chi connectivity index (χ0n) is 10.7. The van der Waals surface area contributed by atoms with Crippen molar-refractivity contribution in [2.45, 2.75) is 39.2 Å². The van der Waals surface area contributed by atoms with Crippen molar-refractivity contribution in [2.75, 3.05) is 20.3 Å². The first-order valence-electron chi connectivity index (χ1n) is 5.36. The lowest BCUT2D eigenvalue weighted by Crippen LogP contribution is -2.22. The van der Waals surface area contributed by atoms with Gasteiger partial charge in [-0.15, -0.1) is 0 Å². The summed E-state index contributed by atoms with van der Waals surface area (Å²) < 4.78 is 15.2. The van der Waals surface area contributed by atoms with E-state index in [0.29, 0.717) is 25.2 Å². The number of methoxy groups -OCH3 is 1. The molecule has 0 saturated heterocycles. The van der Waals surface area contributed by atoms with Gasteiger partial charge in [0, 0.05) is 6.42 Å². The highest BCUT2D eigenvalue weighted by Gasteiger charge is 2.10. The summed E-state index contributed by atoms with van der Waals surface area (Å²) in [6.07, 6.45) is 0.789. The molecule has 0 rings (SSSR count). The topological polar surface area (TPSA) is 44.8 Å². The average molecular weight is 230 g/mol. The maximum Gasteiger partial charge on any atom is 0.306 e. The molecule has 0 heterocycles. The number of carbonyl (C=O) groups is 1. The summed E-state index contributed by atoms with van der Waals surface area (Å²) in [5.74, 6) is 0.332. The van der Waals surface area contributed by atoms with Gasteiger partial charge in [0.25, 0.3) is 0 Å². The summed E-state index contributed by atoms with van der Waals surface area (Å²) in [4.78, 5) is 11.2. The van der Waals surface area contributed by atoms with Crippen LogP contribution >= 0.6 is 0 Å². The lowest BCUT2D eigenvalue weighted by atomic mass is 10.2. The fourth-order valence-corrected chi connectivity index (χ4v) is 0.919. The van der Waals surface area contributed by atoms with Gasteiger partial charge in [-0.1, -0.05) is 6.58 Å². The van der Waals surface area contributed by atoms with Gasteiger partial charge in [0.15, 0.2) is 0 Å². The Morgan fingerprint density at radius 2 is 1.81 bits per heavy atom. The highest BCUT2D eigenvalue weighted by Crippen LogP contribution is 2.06. The van der Waals surface area contributed by atoms with Gasteiger partial charge in [-0.3, -0.25) is 4.79 Å². The van der Waals surface area contributed by atoms with Gasteiger partial charge in [0.2, 0.25) is 0 Å². The van der Waals surface area contributed by atoms with E-state index in [2.05, 4.69) is 6.58 Å². The molecule has 0 radical (unpaired) electrons. The molecule has 16 heavy (non-hydrogen) atoms. The smallest absolute Gasteiger partial charge is 0.306 e. The molecule has 0 atom stereocenters. The summed E-state index contributed by atoms with van der Waals surface area (Å²) in [6, 6.07) is 0. The summed E-state index contributed by atoms with van der Waals surface area (Å²) >= 11 is 0. The van der Waals surface area contributed by atoms with Crippen molar-refractivity contribution in [1.29, 1.82) is 0 Å². The van der Waals surface area contributed by atoms with Gasteiger partial charge in [-0.25, -0.2) is 0 Å². The van der Waals surface area contributed by atoms with Crippen molar-refractivity contribution in [3.63, 3.8) is 0 Å². The largest absolute Gasteiger partial charge is 0.502 e. The number of rotatable bonds is 7. The van der Waals surface area contributed by atoms with Gasteiger partial charge in [-0.05, 0) is 20.8 Å². The van der Waals surface area contributed by atoms with Crippen LogP contribution in [-0.2, 0) is 19.0 Å². The fraction of sp³-hybridized carbons (Fsp3) is 0.750. The second-order valence-corrected chi connectivity index (χ2v) is 4.42. The quantitative estimate of drug-likeness (QED) is 0.382. The van der Waals surface area contributed by atoms with Crippen LogP contribution in [0.3, 0.4) is 0 Å². The Kier molecular flexibility index (Phi) is 6.81. The van der Waals surface area contributed by atoms with E-state index < -0.39 is 0 Å². The molecule has 0 N–H and O–H groups in total. The van der Waals surface area contributed by atoms with E-state index in [9.17, 15) is 4.79 Å².